The molecule has 2 aliphatic heterocycles. The van der Waals surface area contributed by atoms with Gasteiger partial charge < -0.3 is 10.2 Å². The fourth-order valence-electron chi connectivity index (χ4n) is 5.03. The first-order valence-corrected chi connectivity index (χ1v) is 9.70. The number of piperidine rings is 2. The maximum atomic E-state index is 13.3. The summed E-state index contributed by atoms with van der Waals surface area (Å²) in [4.78, 5) is 15.6. The zero-order valence-electron chi connectivity index (χ0n) is 15.1. The number of nitrogens with one attached hydrogen (secondary N) is 1. The van der Waals surface area contributed by atoms with Crippen LogP contribution in [0, 0.1) is 25.2 Å². The van der Waals surface area contributed by atoms with Crippen LogP contribution in [-0.2, 0) is 4.79 Å². The van der Waals surface area contributed by atoms with Gasteiger partial charge in [0.2, 0.25) is 5.91 Å². The van der Waals surface area contributed by atoms with Gasteiger partial charge in [-0.1, -0.05) is 18.2 Å². The third-order valence-corrected chi connectivity index (χ3v) is 6.88. The summed E-state index contributed by atoms with van der Waals surface area (Å²) in [6, 6.07) is 6.87. The average Bonchev–Trinajstić information content (AvgIpc) is 3.30. The Hall–Kier alpha value is -1.35. The number of rotatable bonds is 2. The maximum Gasteiger partial charge on any atom is 0.226 e. The number of carbonyl (C=O) groups is 1. The summed E-state index contributed by atoms with van der Waals surface area (Å²) in [5, 5.41) is 3.44. The summed E-state index contributed by atoms with van der Waals surface area (Å²) in [6.07, 6.45) is 7.02. The largest absolute Gasteiger partial charge is 0.335 e. The molecule has 2 heterocycles. The lowest BCUT2D eigenvalue weighted by Gasteiger charge is -2.38. The van der Waals surface area contributed by atoms with Crippen LogP contribution < -0.4 is 5.32 Å². The quantitative estimate of drug-likeness (QED) is 0.898. The molecule has 3 fully saturated rings. The smallest absolute Gasteiger partial charge is 0.226 e. The summed E-state index contributed by atoms with van der Waals surface area (Å²) in [5.74, 6) is 0.743. The monoisotopic (exact) mass is 326 g/mol. The van der Waals surface area contributed by atoms with Crippen molar-refractivity contribution in [1.82, 2.24) is 10.2 Å². The van der Waals surface area contributed by atoms with Crippen LogP contribution in [0.4, 0.5) is 0 Å². The minimum atomic E-state index is 0.297. The highest BCUT2D eigenvalue weighted by atomic mass is 16.2. The van der Waals surface area contributed by atoms with E-state index in [0.717, 1.165) is 38.9 Å². The summed E-state index contributed by atoms with van der Waals surface area (Å²) >= 11 is 0. The second-order valence-electron chi connectivity index (χ2n) is 8.20. The van der Waals surface area contributed by atoms with E-state index in [1.54, 1.807) is 0 Å². The minimum Gasteiger partial charge on any atom is -0.335 e. The molecule has 2 saturated heterocycles. The Morgan fingerprint density at radius 2 is 2.00 bits per heavy atom. The molecule has 24 heavy (non-hydrogen) atoms. The number of aryl methyl sites for hydroxylation is 1. The number of benzene rings is 1. The molecule has 1 aliphatic carbocycles. The van der Waals surface area contributed by atoms with Crippen molar-refractivity contribution in [1.29, 1.82) is 0 Å². The molecule has 3 heteroatoms. The van der Waals surface area contributed by atoms with E-state index in [0.29, 0.717) is 23.3 Å². The van der Waals surface area contributed by atoms with Crippen molar-refractivity contribution >= 4 is 5.91 Å². The molecular formula is C21H30N2O. The molecule has 1 amide bonds. The normalized spacial score (nSPS) is 28.8. The van der Waals surface area contributed by atoms with Gasteiger partial charge >= 0.3 is 0 Å². The molecule has 130 valence electrons. The van der Waals surface area contributed by atoms with E-state index < -0.39 is 0 Å². The van der Waals surface area contributed by atoms with Crippen LogP contribution in [-0.4, -0.2) is 30.4 Å². The van der Waals surface area contributed by atoms with Crippen LogP contribution >= 0.6 is 0 Å². The number of amides is 1. The van der Waals surface area contributed by atoms with Crippen molar-refractivity contribution in [3.8, 4) is 0 Å². The van der Waals surface area contributed by atoms with Crippen molar-refractivity contribution in [2.24, 2.45) is 11.3 Å². The number of likely N-dealkylation sites (tertiary alicyclic amines) is 1. The predicted octanol–water partition coefficient (Wildman–Crippen LogP) is 3.75. The molecule has 2 atom stereocenters. The first kappa shape index (κ1) is 16.1. The molecular weight excluding hydrogens is 296 g/mol. The van der Waals surface area contributed by atoms with Crippen LogP contribution in [0.5, 0.6) is 0 Å². The minimum absolute atomic E-state index is 0.297. The van der Waals surface area contributed by atoms with Gasteiger partial charge in [0.05, 0.1) is 6.04 Å². The lowest BCUT2D eigenvalue weighted by Crippen LogP contribution is -2.41. The first-order valence-electron chi connectivity index (χ1n) is 9.70. The molecule has 1 N–H and O–H groups in total. The van der Waals surface area contributed by atoms with Crippen molar-refractivity contribution < 1.29 is 4.79 Å². The summed E-state index contributed by atoms with van der Waals surface area (Å²) in [6.45, 7) is 7.52. The Bertz CT molecular complexity index is 633. The van der Waals surface area contributed by atoms with E-state index in [9.17, 15) is 4.79 Å². The summed E-state index contributed by atoms with van der Waals surface area (Å²) < 4.78 is 0. The lowest BCUT2D eigenvalue weighted by molar-refractivity contribution is -0.137. The van der Waals surface area contributed by atoms with Gasteiger partial charge in [0.1, 0.15) is 0 Å². The molecule has 3 aliphatic rings. The number of nitrogens with zero attached hydrogens (tertiary/aromatic N) is 1. The third kappa shape index (κ3) is 2.67. The van der Waals surface area contributed by atoms with Crippen molar-refractivity contribution in [3.63, 3.8) is 0 Å². The molecule has 0 radical (unpaired) electrons. The number of carbonyl (C=O) groups excluding carboxylic acids is 1. The van der Waals surface area contributed by atoms with Gasteiger partial charge in [-0.15, -0.1) is 0 Å². The van der Waals surface area contributed by atoms with Crippen LogP contribution in [0.1, 0.15) is 61.3 Å². The Kier molecular flexibility index (Phi) is 4.16. The Morgan fingerprint density at radius 1 is 1.21 bits per heavy atom. The molecule has 1 spiro atoms. The van der Waals surface area contributed by atoms with E-state index in [4.69, 9.17) is 0 Å². The van der Waals surface area contributed by atoms with Crippen molar-refractivity contribution in [2.75, 3.05) is 19.6 Å². The van der Waals surface area contributed by atoms with Crippen LogP contribution in [0.15, 0.2) is 18.2 Å². The lowest BCUT2D eigenvalue weighted by atomic mass is 9.88. The van der Waals surface area contributed by atoms with E-state index in [-0.39, 0.29) is 0 Å². The van der Waals surface area contributed by atoms with Gasteiger partial charge in [-0.2, -0.15) is 0 Å². The van der Waals surface area contributed by atoms with Crippen molar-refractivity contribution in [2.45, 2.75) is 58.4 Å². The zero-order chi connectivity index (χ0) is 16.7. The SMILES string of the molecule is Cc1cccc(C2CCCCN2C(=O)C2CC23CCNCC3)c1C. The Labute approximate surface area is 145 Å². The molecule has 0 aromatic heterocycles. The second kappa shape index (κ2) is 6.18. The number of hydrogen-bond donors (Lipinski definition) is 1. The fraction of sp³-hybridized carbons (Fsp3) is 0.667. The molecule has 0 bridgehead atoms. The summed E-state index contributed by atoms with van der Waals surface area (Å²) in [7, 11) is 0. The standard InChI is InChI=1S/C21H30N2O/c1-15-6-5-7-17(16(15)2)19-8-3-4-13-23(19)20(24)18-14-21(18)9-11-22-12-10-21/h5-7,18-19,22H,3-4,8-14H2,1-2H3. The van der Waals surface area contributed by atoms with E-state index >= 15 is 0 Å². The van der Waals surface area contributed by atoms with Gasteiger partial charge in [-0.05, 0) is 87.6 Å². The van der Waals surface area contributed by atoms with Gasteiger partial charge in [0.15, 0.2) is 0 Å². The topological polar surface area (TPSA) is 32.3 Å². The summed E-state index contributed by atoms with van der Waals surface area (Å²) in [5.41, 5.74) is 4.43. The molecule has 3 nitrogen and oxygen atoms in total. The molecule has 4 rings (SSSR count). The van der Waals surface area contributed by atoms with Crippen LogP contribution in [0.3, 0.4) is 0 Å². The molecule has 1 aromatic rings. The van der Waals surface area contributed by atoms with E-state index in [1.165, 1.54) is 36.0 Å². The van der Waals surface area contributed by atoms with Crippen LogP contribution in [0.25, 0.3) is 0 Å². The van der Waals surface area contributed by atoms with E-state index in [2.05, 4.69) is 42.3 Å². The highest BCUT2D eigenvalue weighted by Gasteiger charge is 2.59. The van der Waals surface area contributed by atoms with Crippen molar-refractivity contribution in [3.05, 3.63) is 34.9 Å². The fourth-order valence-corrected chi connectivity index (χ4v) is 5.03. The predicted molar refractivity (Wildman–Crippen MR) is 96.9 cm³/mol. The zero-order valence-corrected chi connectivity index (χ0v) is 15.1. The van der Waals surface area contributed by atoms with Gasteiger partial charge in [0.25, 0.3) is 0 Å². The molecule has 1 aromatic carbocycles. The van der Waals surface area contributed by atoms with Crippen LogP contribution in [0.2, 0.25) is 0 Å². The maximum absolute atomic E-state index is 13.3. The molecule has 2 unspecified atom stereocenters. The third-order valence-electron chi connectivity index (χ3n) is 6.88. The Balaban J connectivity index is 1.56. The second-order valence-corrected chi connectivity index (χ2v) is 8.20. The first-order chi connectivity index (χ1) is 11.6. The molecule has 1 saturated carbocycles. The number of hydrogen-bond acceptors (Lipinski definition) is 2. The van der Waals surface area contributed by atoms with Gasteiger partial charge in [-0.25, -0.2) is 0 Å². The van der Waals surface area contributed by atoms with E-state index in [1.807, 2.05) is 0 Å². The average molecular weight is 326 g/mol. The van der Waals surface area contributed by atoms with Gasteiger partial charge in [-0.3, -0.25) is 4.79 Å². The highest BCUT2D eigenvalue weighted by Crippen LogP contribution is 2.59. The van der Waals surface area contributed by atoms with Gasteiger partial charge in [0, 0.05) is 12.5 Å². The Morgan fingerprint density at radius 3 is 2.79 bits per heavy atom. The highest BCUT2D eigenvalue weighted by molar-refractivity contribution is 5.83.